The minimum Gasteiger partial charge on any atom is -0.245 e. The normalized spacial score (nSPS) is 11.8. The molecule has 0 saturated carbocycles. The zero-order valence-corrected chi connectivity index (χ0v) is 6.60. The monoisotopic (exact) mass is 150 g/mol. The molecule has 0 atom stereocenters. The van der Waals surface area contributed by atoms with Gasteiger partial charge in [-0.15, -0.1) is 0 Å². The van der Waals surface area contributed by atoms with Crippen molar-refractivity contribution in [3.63, 3.8) is 0 Å². The average molecular weight is 150 g/mol. The van der Waals surface area contributed by atoms with Crippen molar-refractivity contribution in [2.75, 3.05) is 0 Å². The van der Waals surface area contributed by atoms with Gasteiger partial charge < -0.3 is 0 Å². The molecule has 0 N–H and O–H groups in total. The van der Waals surface area contributed by atoms with Gasteiger partial charge in [-0.2, -0.15) is 5.10 Å². The van der Waals surface area contributed by atoms with Crippen molar-refractivity contribution < 1.29 is 0 Å². The summed E-state index contributed by atoms with van der Waals surface area (Å²) >= 11 is 0. The molecule has 58 valence electrons. The Morgan fingerprint density at radius 3 is 3.00 bits per heavy atom. The van der Waals surface area contributed by atoms with Gasteiger partial charge in [-0.05, 0) is 13.8 Å². The molecule has 0 aliphatic carbocycles. The summed E-state index contributed by atoms with van der Waals surface area (Å²) < 4.78 is 1.61. The van der Waals surface area contributed by atoms with E-state index in [-0.39, 0.29) is 0 Å². The third-order valence-electron chi connectivity index (χ3n) is 1.16. The van der Waals surface area contributed by atoms with E-state index in [1.165, 1.54) is 6.33 Å². The molecule has 4 nitrogen and oxygen atoms in total. The first-order valence-corrected chi connectivity index (χ1v) is 3.35. The van der Waals surface area contributed by atoms with Crippen molar-refractivity contribution in [3.8, 4) is 0 Å². The molecular weight excluding hydrogens is 140 g/mol. The third-order valence-corrected chi connectivity index (χ3v) is 1.16. The molecule has 1 heterocycles. The first-order chi connectivity index (χ1) is 5.34. The molecule has 0 radical (unpaired) electrons. The number of aromatic nitrogens is 3. The zero-order valence-electron chi connectivity index (χ0n) is 6.60. The van der Waals surface area contributed by atoms with E-state index in [2.05, 4.69) is 15.1 Å². The Bertz CT molecular complexity index is 272. The average Bonchev–Trinajstić information content (AvgIpc) is 2.37. The van der Waals surface area contributed by atoms with Crippen LogP contribution in [0.25, 0.3) is 0 Å². The van der Waals surface area contributed by atoms with Gasteiger partial charge in [-0.25, -0.2) is 14.7 Å². The third kappa shape index (κ3) is 2.00. The second-order valence-electron chi connectivity index (χ2n) is 2.00. The highest BCUT2D eigenvalue weighted by Crippen LogP contribution is 1.85. The highest BCUT2D eigenvalue weighted by atomic mass is 15.3. The second-order valence-corrected chi connectivity index (χ2v) is 2.00. The lowest BCUT2D eigenvalue weighted by Gasteiger charge is -1.88. The van der Waals surface area contributed by atoms with Crippen LogP contribution in [-0.2, 0) is 0 Å². The van der Waals surface area contributed by atoms with Crippen molar-refractivity contribution in [3.05, 3.63) is 24.4 Å². The van der Waals surface area contributed by atoms with E-state index in [0.29, 0.717) is 0 Å². The molecule has 0 unspecified atom stereocenters. The molecule has 0 saturated heterocycles. The number of hydrogen-bond acceptors (Lipinski definition) is 3. The number of hydrogen-bond donors (Lipinski definition) is 0. The summed E-state index contributed by atoms with van der Waals surface area (Å²) in [6, 6.07) is 0. The van der Waals surface area contributed by atoms with Crippen LogP contribution < -0.4 is 0 Å². The Hall–Kier alpha value is -1.45. The predicted octanol–water partition coefficient (Wildman–Crippen LogP) is 0.997. The fourth-order valence-corrected chi connectivity index (χ4v) is 0.609. The first kappa shape index (κ1) is 7.65. The minimum atomic E-state index is 0.832. The van der Waals surface area contributed by atoms with Crippen LogP contribution in [0.15, 0.2) is 23.6 Å². The molecule has 4 heteroatoms. The fraction of sp³-hybridized carbons (Fsp3) is 0.286. The molecular formula is C7H10N4. The SMILES string of the molecule is C/C=C\N=Cn1ncnc1C. The number of aliphatic imine (C=N–C) groups is 1. The van der Waals surface area contributed by atoms with Crippen LogP contribution in [0.2, 0.25) is 0 Å². The molecule has 1 rings (SSSR count). The molecule has 11 heavy (non-hydrogen) atoms. The lowest BCUT2D eigenvalue weighted by molar-refractivity contribution is 0.910. The summed E-state index contributed by atoms with van der Waals surface area (Å²) in [6.45, 7) is 3.78. The Labute approximate surface area is 65.3 Å². The van der Waals surface area contributed by atoms with E-state index in [4.69, 9.17) is 0 Å². The van der Waals surface area contributed by atoms with Crippen molar-refractivity contribution in [1.82, 2.24) is 14.8 Å². The van der Waals surface area contributed by atoms with Gasteiger partial charge in [-0.3, -0.25) is 0 Å². The van der Waals surface area contributed by atoms with Gasteiger partial charge in [0.25, 0.3) is 0 Å². The van der Waals surface area contributed by atoms with Gasteiger partial charge >= 0.3 is 0 Å². The highest BCUT2D eigenvalue weighted by molar-refractivity contribution is 5.57. The van der Waals surface area contributed by atoms with Crippen LogP contribution in [0.1, 0.15) is 12.7 Å². The summed E-state index contributed by atoms with van der Waals surface area (Å²) in [7, 11) is 0. The van der Waals surface area contributed by atoms with Crippen molar-refractivity contribution in [1.29, 1.82) is 0 Å². The lowest BCUT2D eigenvalue weighted by atomic mass is 10.7. The van der Waals surface area contributed by atoms with E-state index in [0.717, 1.165) is 5.82 Å². The minimum absolute atomic E-state index is 0.832. The van der Waals surface area contributed by atoms with Crippen LogP contribution >= 0.6 is 0 Å². The molecule has 0 aliphatic rings. The maximum atomic E-state index is 3.95. The summed E-state index contributed by atoms with van der Waals surface area (Å²) in [5.41, 5.74) is 0. The van der Waals surface area contributed by atoms with Crippen LogP contribution in [0.4, 0.5) is 0 Å². The van der Waals surface area contributed by atoms with Crippen LogP contribution in [0.3, 0.4) is 0 Å². The van der Waals surface area contributed by atoms with Crippen molar-refractivity contribution in [2.24, 2.45) is 4.99 Å². The summed E-state index contributed by atoms with van der Waals surface area (Å²) in [4.78, 5) is 7.88. The lowest BCUT2D eigenvalue weighted by Crippen LogP contribution is -1.99. The van der Waals surface area contributed by atoms with Gasteiger partial charge in [0.05, 0.1) is 0 Å². The number of nitrogens with zero attached hydrogens (tertiary/aromatic N) is 4. The molecule has 0 aromatic carbocycles. The second kappa shape index (κ2) is 3.65. The molecule has 1 aromatic heterocycles. The molecule has 0 amide bonds. The Morgan fingerprint density at radius 1 is 1.64 bits per heavy atom. The molecule has 0 fully saturated rings. The summed E-state index contributed by atoms with van der Waals surface area (Å²) in [5.74, 6) is 0.832. The van der Waals surface area contributed by atoms with Gasteiger partial charge in [0.2, 0.25) is 0 Å². The van der Waals surface area contributed by atoms with Gasteiger partial charge in [0.15, 0.2) is 0 Å². The van der Waals surface area contributed by atoms with E-state index >= 15 is 0 Å². The van der Waals surface area contributed by atoms with E-state index in [1.54, 1.807) is 17.2 Å². The van der Waals surface area contributed by atoms with E-state index < -0.39 is 0 Å². The van der Waals surface area contributed by atoms with Crippen LogP contribution in [0.5, 0.6) is 0 Å². The van der Waals surface area contributed by atoms with Crippen molar-refractivity contribution in [2.45, 2.75) is 13.8 Å². The number of rotatable bonds is 2. The van der Waals surface area contributed by atoms with E-state index in [9.17, 15) is 0 Å². The Morgan fingerprint density at radius 2 is 2.45 bits per heavy atom. The molecule has 1 aromatic rings. The van der Waals surface area contributed by atoms with E-state index in [1.807, 2.05) is 19.9 Å². The van der Waals surface area contributed by atoms with Gasteiger partial charge in [0.1, 0.15) is 18.5 Å². The Balaban J connectivity index is 2.71. The Kier molecular flexibility index (Phi) is 2.54. The first-order valence-electron chi connectivity index (χ1n) is 3.35. The molecule has 0 bridgehead atoms. The largest absolute Gasteiger partial charge is 0.245 e. The van der Waals surface area contributed by atoms with Gasteiger partial charge in [0, 0.05) is 6.20 Å². The predicted molar refractivity (Wildman–Crippen MR) is 43.5 cm³/mol. The zero-order chi connectivity index (χ0) is 8.10. The maximum Gasteiger partial charge on any atom is 0.138 e. The number of allylic oxidation sites excluding steroid dienone is 1. The highest BCUT2D eigenvalue weighted by Gasteiger charge is 1.90. The summed E-state index contributed by atoms with van der Waals surface area (Å²) in [5, 5.41) is 3.91. The van der Waals surface area contributed by atoms with Crippen LogP contribution in [-0.4, -0.2) is 21.1 Å². The standard InChI is InChI=1S/C7H10N4/c1-3-4-8-6-11-7(2)9-5-10-11/h3-6H,1-2H3/b4-3-,8-6?. The fourth-order valence-electron chi connectivity index (χ4n) is 0.609. The van der Waals surface area contributed by atoms with Crippen molar-refractivity contribution >= 4 is 6.34 Å². The smallest absolute Gasteiger partial charge is 0.138 e. The molecule has 0 spiro atoms. The summed E-state index contributed by atoms with van der Waals surface area (Å²) in [6.07, 6.45) is 6.66. The van der Waals surface area contributed by atoms with Crippen LogP contribution in [0, 0.1) is 6.92 Å². The molecule has 0 aliphatic heterocycles. The van der Waals surface area contributed by atoms with Gasteiger partial charge in [-0.1, -0.05) is 6.08 Å². The topological polar surface area (TPSA) is 43.1 Å². The maximum absolute atomic E-state index is 3.95. The quantitative estimate of drug-likeness (QED) is 0.466. The number of aryl methyl sites for hydroxylation is 1.